The van der Waals surface area contributed by atoms with Crippen molar-refractivity contribution in [3.05, 3.63) is 99.9 Å². The van der Waals surface area contributed by atoms with Crippen LogP contribution in [0.25, 0.3) is 0 Å². The number of nitrogens with zero attached hydrogens (tertiary/aromatic N) is 1. The molecule has 1 amide bonds. The van der Waals surface area contributed by atoms with Crippen LogP contribution in [0.1, 0.15) is 58.7 Å². The summed E-state index contributed by atoms with van der Waals surface area (Å²) in [7, 11) is 0. The number of rotatable bonds is 8. The molecule has 224 valence electrons. The predicted molar refractivity (Wildman–Crippen MR) is 141 cm³/mol. The van der Waals surface area contributed by atoms with Crippen LogP contribution in [0.2, 0.25) is 0 Å². The van der Waals surface area contributed by atoms with E-state index >= 15 is 0 Å². The highest BCUT2D eigenvalue weighted by Crippen LogP contribution is 2.39. The summed E-state index contributed by atoms with van der Waals surface area (Å²) in [5.74, 6) is -12.7. The Kier molecular flexibility index (Phi) is 9.19. The van der Waals surface area contributed by atoms with Crippen LogP contribution in [0.4, 0.5) is 27.6 Å². The lowest BCUT2D eigenvalue weighted by atomic mass is 9.99. The van der Waals surface area contributed by atoms with Crippen molar-refractivity contribution in [1.82, 2.24) is 4.90 Å². The average molecular weight is 593 g/mol. The van der Waals surface area contributed by atoms with Crippen molar-refractivity contribution >= 4 is 11.6 Å². The summed E-state index contributed by atoms with van der Waals surface area (Å²) in [6.07, 6.45) is 0.966. The maximum Gasteiger partial charge on any atom is 0.261 e. The Bertz CT molecular complexity index is 1390. The number of anilines is 1. The molecule has 0 saturated carbocycles. The number of halogens is 5. The van der Waals surface area contributed by atoms with Gasteiger partial charge in [-0.25, -0.2) is 22.0 Å². The Morgan fingerprint density at radius 2 is 1.48 bits per heavy atom. The lowest BCUT2D eigenvalue weighted by molar-refractivity contribution is -0.253. The van der Waals surface area contributed by atoms with E-state index in [4.69, 9.17) is 9.47 Å². The van der Waals surface area contributed by atoms with Gasteiger partial charge in [-0.15, -0.1) is 0 Å². The number of carbonyl (C=O) groups excluding carboxylic acids is 1. The topological polar surface area (TPSA) is 91.3 Å². The minimum Gasteiger partial charge on any atom is -0.395 e. The molecule has 0 aromatic heterocycles. The molecule has 2 aliphatic rings. The lowest BCUT2D eigenvalue weighted by Gasteiger charge is -2.38. The van der Waals surface area contributed by atoms with E-state index in [1.165, 1.54) is 12.1 Å². The zero-order valence-corrected chi connectivity index (χ0v) is 22.3. The molecule has 2 heterocycles. The van der Waals surface area contributed by atoms with Crippen molar-refractivity contribution in [2.45, 2.75) is 50.4 Å². The van der Waals surface area contributed by atoms with Crippen LogP contribution in [0, 0.1) is 29.1 Å². The number of aliphatic hydroxyl groups is 2. The second-order valence-electron chi connectivity index (χ2n) is 10.3. The van der Waals surface area contributed by atoms with Crippen molar-refractivity contribution in [1.29, 1.82) is 0 Å². The van der Waals surface area contributed by atoms with Gasteiger partial charge in [-0.2, -0.15) is 0 Å². The van der Waals surface area contributed by atoms with Gasteiger partial charge in [0.25, 0.3) is 5.91 Å². The van der Waals surface area contributed by atoms with Gasteiger partial charge in [0, 0.05) is 30.3 Å². The van der Waals surface area contributed by atoms with Crippen LogP contribution in [-0.4, -0.2) is 52.9 Å². The van der Waals surface area contributed by atoms with Gasteiger partial charge in [0.05, 0.1) is 25.4 Å². The van der Waals surface area contributed by atoms with Crippen LogP contribution in [0.3, 0.4) is 0 Å². The molecule has 2 fully saturated rings. The van der Waals surface area contributed by atoms with Crippen molar-refractivity contribution in [2.24, 2.45) is 0 Å². The third-order valence-corrected chi connectivity index (χ3v) is 7.64. The largest absolute Gasteiger partial charge is 0.395 e. The minimum absolute atomic E-state index is 0.0408. The van der Waals surface area contributed by atoms with Crippen LogP contribution < -0.4 is 5.32 Å². The molecule has 0 radical (unpaired) electrons. The highest BCUT2D eigenvalue weighted by Gasteiger charge is 2.35. The summed E-state index contributed by atoms with van der Waals surface area (Å²) < 4.78 is 81.2. The number of ether oxygens (including phenoxy) is 2. The van der Waals surface area contributed by atoms with Crippen LogP contribution in [0.5, 0.6) is 0 Å². The molecular weight excluding hydrogens is 563 g/mol. The number of likely N-dealkylation sites (tertiary alicyclic amines) is 1. The summed E-state index contributed by atoms with van der Waals surface area (Å²) in [6, 6.07) is 13.3. The van der Waals surface area contributed by atoms with Crippen molar-refractivity contribution in [3.63, 3.8) is 0 Å². The van der Waals surface area contributed by atoms with Gasteiger partial charge in [0.15, 0.2) is 29.6 Å². The zero-order chi connectivity index (χ0) is 30.0. The fraction of sp³-hybridized carbons (Fsp3) is 0.367. The Morgan fingerprint density at radius 3 is 2.10 bits per heavy atom. The summed E-state index contributed by atoms with van der Waals surface area (Å²) in [4.78, 5) is 14.6. The van der Waals surface area contributed by atoms with Crippen molar-refractivity contribution < 1.29 is 46.4 Å². The van der Waals surface area contributed by atoms with Crippen LogP contribution in [0.15, 0.2) is 48.5 Å². The minimum atomic E-state index is -2.35. The molecule has 42 heavy (non-hydrogen) atoms. The molecular formula is C30H29F5N2O5. The van der Waals surface area contributed by atoms with Gasteiger partial charge in [-0.3, -0.25) is 9.69 Å². The lowest BCUT2D eigenvalue weighted by Crippen LogP contribution is -2.42. The molecule has 2 saturated heterocycles. The van der Waals surface area contributed by atoms with Gasteiger partial charge in [-0.05, 0) is 42.6 Å². The number of amides is 1. The maximum absolute atomic E-state index is 14.1. The summed E-state index contributed by atoms with van der Waals surface area (Å²) in [5.41, 5.74) is 0.656. The van der Waals surface area contributed by atoms with Gasteiger partial charge in [0.1, 0.15) is 5.56 Å². The third kappa shape index (κ3) is 6.18. The van der Waals surface area contributed by atoms with E-state index in [9.17, 15) is 37.0 Å². The summed E-state index contributed by atoms with van der Waals surface area (Å²) in [5, 5.41) is 21.3. The first-order chi connectivity index (χ1) is 20.2. The van der Waals surface area contributed by atoms with Crippen molar-refractivity contribution in [2.75, 3.05) is 25.0 Å². The third-order valence-electron chi connectivity index (χ3n) is 7.64. The van der Waals surface area contributed by atoms with E-state index in [1.807, 2.05) is 24.3 Å². The first kappa shape index (κ1) is 30.1. The van der Waals surface area contributed by atoms with Gasteiger partial charge >= 0.3 is 0 Å². The second-order valence-corrected chi connectivity index (χ2v) is 10.3. The standard InChI is InChI=1S/C30H29F5N2O5/c31-24-23(25(32)27(34)28(35)26(24)33)29(40)36-19-9-7-18(8-10-19)30-41-21(13-37-11-1-2-20(37)15-39)12-22(42-30)17-5-3-16(14-38)4-6-17/h3-10,20-22,30,38-39H,1-2,11-15H2,(H,36,40)/t20-,21+,22-,30-/m0/s1. The maximum atomic E-state index is 14.1. The van der Waals surface area contributed by atoms with Gasteiger partial charge < -0.3 is 25.0 Å². The van der Waals surface area contributed by atoms with E-state index in [2.05, 4.69) is 10.2 Å². The fourth-order valence-electron chi connectivity index (χ4n) is 5.36. The molecule has 3 N–H and O–H groups in total. The molecule has 0 bridgehead atoms. The van der Waals surface area contributed by atoms with Gasteiger partial charge in [0.2, 0.25) is 5.82 Å². The average Bonchev–Trinajstić information content (AvgIpc) is 3.46. The quantitative estimate of drug-likeness (QED) is 0.191. The van der Waals surface area contributed by atoms with Crippen molar-refractivity contribution in [3.8, 4) is 0 Å². The monoisotopic (exact) mass is 592 g/mol. The first-order valence-electron chi connectivity index (χ1n) is 13.5. The Balaban J connectivity index is 1.34. The van der Waals surface area contributed by atoms with Crippen LogP contribution >= 0.6 is 0 Å². The number of nitrogens with one attached hydrogen (secondary N) is 1. The summed E-state index contributed by atoms with van der Waals surface area (Å²) >= 11 is 0. The molecule has 0 aliphatic carbocycles. The molecule has 3 aromatic carbocycles. The SMILES string of the molecule is O=C(Nc1ccc([C@H]2O[C@@H](CN3CCC[C@H]3CO)C[C@@H](c3ccc(CO)cc3)O2)cc1)c1c(F)c(F)c(F)c(F)c1F. The van der Waals surface area contributed by atoms with E-state index in [0.29, 0.717) is 18.5 Å². The number of benzene rings is 3. The number of carbonyl (C=O) groups is 1. The van der Waals surface area contributed by atoms with E-state index in [1.54, 1.807) is 12.1 Å². The molecule has 0 unspecified atom stereocenters. The Morgan fingerprint density at radius 1 is 0.857 bits per heavy atom. The molecule has 2 aliphatic heterocycles. The Labute approximate surface area is 238 Å². The van der Waals surface area contributed by atoms with E-state index < -0.39 is 46.8 Å². The number of hydrogen-bond acceptors (Lipinski definition) is 6. The highest BCUT2D eigenvalue weighted by atomic mass is 19.2. The Hall–Kier alpha value is -3.42. The number of aliphatic hydroxyl groups excluding tert-OH is 2. The zero-order valence-electron chi connectivity index (χ0n) is 22.3. The predicted octanol–water partition coefficient (Wildman–Crippen LogP) is 5.13. The molecule has 5 rings (SSSR count). The van der Waals surface area contributed by atoms with E-state index in [-0.39, 0.29) is 37.2 Å². The normalized spacial score (nSPS) is 22.8. The molecule has 12 heteroatoms. The highest BCUT2D eigenvalue weighted by molar-refractivity contribution is 6.04. The van der Waals surface area contributed by atoms with Gasteiger partial charge in [-0.1, -0.05) is 36.4 Å². The fourth-order valence-corrected chi connectivity index (χ4v) is 5.36. The summed E-state index contributed by atoms with van der Waals surface area (Å²) in [6.45, 7) is 1.37. The molecule has 0 spiro atoms. The van der Waals surface area contributed by atoms with Crippen LogP contribution in [-0.2, 0) is 16.1 Å². The molecule has 3 aromatic rings. The molecule has 4 atom stereocenters. The number of hydrogen-bond donors (Lipinski definition) is 3. The first-order valence-corrected chi connectivity index (χ1v) is 13.5. The smallest absolute Gasteiger partial charge is 0.261 e. The molecule has 7 nitrogen and oxygen atoms in total. The second kappa shape index (κ2) is 12.8. The van der Waals surface area contributed by atoms with E-state index in [0.717, 1.165) is 30.5 Å².